The number of benzene rings is 4. The first-order valence-electron chi connectivity index (χ1n) is 14.7. The number of halogens is 3. The first-order chi connectivity index (χ1) is 21.8. The molecule has 0 unspecified atom stereocenters. The molecule has 4 aromatic rings. The molecule has 4 rings (SSSR count). The van der Waals surface area contributed by atoms with E-state index in [9.17, 15) is 18.0 Å². The minimum absolute atomic E-state index is 0.0184. The molecule has 0 spiro atoms. The first-order valence-corrected chi connectivity index (χ1v) is 17.3. The van der Waals surface area contributed by atoms with Crippen LogP contribution in [0.3, 0.4) is 0 Å². The van der Waals surface area contributed by atoms with Crippen LogP contribution in [0, 0.1) is 12.8 Å². The van der Waals surface area contributed by atoms with Gasteiger partial charge in [0.1, 0.15) is 12.6 Å². The van der Waals surface area contributed by atoms with E-state index in [1.807, 2.05) is 51.1 Å². The van der Waals surface area contributed by atoms with Crippen molar-refractivity contribution in [2.45, 2.75) is 44.7 Å². The van der Waals surface area contributed by atoms with Gasteiger partial charge < -0.3 is 10.2 Å². The van der Waals surface area contributed by atoms with Crippen LogP contribution in [0.25, 0.3) is 0 Å². The van der Waals surface area contributed by atoms with Gasteiger partial charge in [-0.15, -0.1) is 0 Å². The summed E-state index contributed by atoms with van der Waals surface area (Å²) in [6, 6.07) is 26.0. The molecular weight excluding hydrogens is 665 g/mol. The molecule has 0 aliphatic heterocycles. The second kappa shape index (κ2) is 15.8. The van der Waals surface area contributed by atoms with Crippen LogP contribution in [-0.4, -0.2) is 44.3 Å². The van der Waals surface area contributed by atoms with Gasteiger partial charge >= 0.3 is 0 Å². The molecule has 4 aromatic carbocycles. The van der Waals surface area contributed by atoms with Crippen LogP contribution in [0.4, 0.5) is 5.69 Å². The summed E-state index contributed by atoms with van der Waals surface area (Å²) in [5.74, 6) is -0.819. The fourth-order valence-corrected chi connectivity index (χ4v) is 6.94. The van der Waals surface area contributed by atoms with Gasteiger partial charge in [0.2, 0.25) is 11.8 Å². The van der Waals surface area contributed by atoms with Gasteiger partial charge in [-0.1, -0.05) is 115 Å². The van der Waals surface area contributed by atoms with E-state index in [-0.39, 0.29) is 45.4 Å². The summed E-state index contributed by atoms with van der Waals surface area (Å²) in [6.45, 7) is 5.51. The van der Waals surface area contributed by atoms with Crippen molar-refractivity contribution >= 4 is 62.3 Å². The number of carbonyl (C=O) groups is 2. The SMILES string of the molecule is Cc1ccc(S(=O)(=O)N(CC(=O)N(Cc2ccccc2Cl)[C@H](Cc2ccccc2)C(=O)NCC(C)C)c2cc(Cl)cc(Cl)c2)cc1. The van der Waals surface area contributed by atoms with Gasteiger partial charge in [0, 0.05) is 34.6 Å². The maximum absolute atomic E-state index is 14.5. The number of nitrogens with zero attached hydrogens (tertiary/aromatic N) is 2. The van der Waals surface area contributed by atoms with E-state index in [0.717, 1.165) is 15.4 Å². The number of hydrogen-bond acceptors (Lipinski definition) is 4. The molecule has 2 amide bonds. The zero-order chi connectivity index (χ0) is 33.4. The molecule has 0 fully saturated rings. The van der Waals surface area contributed by atoms with E-state index in [1.165, 1.54) is 35.2 Å². The number of sulfonamides is 1. The molecule has 1 atom stereocenters. The number of carbonyl (C=O) groups excluding carboxylic acids is 2. The minimum Gasteiger partial charge on any atom is -0.354 e. The number of hydrogen-bond donors (Lipinski definition) is 1. The van der Waals surface area contributed by atoms with Crippen LogP contribution >= 0.6 is 34.8 Å². The molecule has 1 N–H and O–H groups in total. The highest BCUT2D eigenvalue weighted by Crippen LogP contribution is 2.31. The average Bonchev–Trinajstić information content (AvgIpc) is 3.01. The maximum Gasteiger partial charge on any atom is 0.264 e. The number of anilines is 1. The highest BCUT2D eigenvalue weighted by molar-refractivity contribution is 7.92. The zero-order valence-corrected chi connectivity index (χ0v) is 28.9. The van der Waals surface area contributed by atoms with Crippen molar-refractivity contribution < 1.29 is 18.0 Å². The van der Waals surface area contributed by atoms with Crippen LogP contribution in [0.2, 0.25) is 15.1 Å². The Kier molecular flexibility index (Phi) is 12.1. The smallest absolute Gasteiger partial charge is 0.264 e. The molecule has 7 nitrogen and oxygen atoms in total. The standard InChI is InChI=1S/C35H36Cl3N3O4S/c1-24(2)21-39-35(43)33(17-26-9-5-4-6-10-26)40(22-27-11-7-8-12-32(27)38)34(42)23-41(30-19-28(36)18-29(37)20-30)46(44,45)31-15-13-25(3)14-16-31/h4-16,18-20,24,33H,17,21-23H2,1-3H3,(H,39,43)/t33-/m1/s1. The van der Waals surface area contributed by atoms with Crippen molar-refractivity contribution in [3.8, 4) is 0 Å². The molecule has 0 radical (unpaired) electrons. The summed E-state index contributed by atoms with van der Waals surface area (Å²) in [6.07, 6.45) is 0.189. The number of amides is 2. The van der Waals surface area contributed by atoms with Crippen molar-refractivity contribution in [2.75, 3.05) is 17.4 Å². The van der Waals surface area contributed by atoms with Crippen LogP contribution in [0.5, 0.6) is 0 Å². The van der Waals surface area contributed by atoms with Crippen molar-refractivity contribution in [1.29, 1.82) is 0 Å². The lowest BCUT2D eigenvalue weighted by atomic mass is 10.0. The summed E-state index contributed by atoms with van der Waals surface area (Å²) in [5.41, 5.74) is 2.41. The van der Waals surface area contributed by atoms with Gasteiger partial charge in [0.05, 0.1) is 10.6 Å². The largest absolute Gasteiger partial charge is 0.354 e. The normalized spacial score (nSPS) is 12.1. The second-order valence-electron chi connectivity index (χ2n) is 11.4. The first kappa shape index (κ1) is 35.3. The predicted molar refractivity (Wildman–Crippen MR) is 186 cm³/mol. The fourth-order valence-electron chi connectivity index (χ4n) is 4.84. The lowest BCUT2D eigenvalue weighted by Crippen LogP contribution is -2.53. The lowest BCUT2D eigenvalue weighted by molar-refractivity contribution is -0.140. The van der Waals surface area contributed by atoms with E-state index in [2.05, 4.69) is 5.32 Å². The maximum atomic E-state index is 14.5. The molecular formula is C35H36Cl3N3O4S. The third-order valence-corrected chi connectivity index (χ3v) is 9.87. The van der Waals surface area contributed by atoms with Gasteiger partial charge in [-0.05, 0) is 60.4 Å². The highest BCUT2D eigenvalue weighted by atomic mass is 35.5. The Morgan fingerprint density at radius 1 is 0.826 bits per heavy atom. The van der Waals surface area contributed by atoms with E-state index >= 15 is 0 Å². The molecule has 0 bridgehead atoms. The minimum atomic E-state index is -4.30. The third kappa shape index (κ3) is 9.26. The number of nitrogens with one attached hydrogen (secondary N) is 1. The molecule has 0 aliphatic carbocycles. The summed E-state index contributed by atoms with van der Waals surface area (Å²) in [5, 5.41) is 3.77. The summed E-state index contributed by atoms with van der Waals surface area (Å²) < 4.78 is 29.3. The van der Waals surface area contributed by atoms with E-state index in [1.54, 1.807) is 36.4 Å². The molecule has 0 saturated carbocycles. The molecule has 0 aromatic heterocycles. The average molecular weight is 701 g/mol. The number of aryl methyl sites for hydroxylation is 1. The Bertz CT molecular complexity index is 1750. The van der Waals surface area contributed by atoms with Crippen LogP contribution in [0.1, 0.15) is 30.5 Å². The molecule has 0 aliphatic rings. The Morgan fingerprint density at radius 2 is 1.43 bits per heavy atom. The topological polar surface area (TPSA) is 86.8 Å². The van der Waals surface area contributed by atoms with E-state index in [4.69, 9.17) is 34.8 Å². The monoisotopic (exact) mass is 699 g/mol. The molecule has 242 valence electrons. The van der Waals surface area contributed by atoms with E-state index in [0.29, 0.717) is 17.1 Å². The molecule has 11 heteroatoms. The lowest BCUT2D eigenvalue weighted by Gasteiger charge is -2.34. The second-order valence-corrected chi connectivity index (χ2v) is 14.6. The van der Waals surface area contributed by atoms with Crippen LogP contribution in [-0.2, 0) is 32.6 Å². The third-order valence-electron chi connectivity index (χ3n) is 7.28. The summed E-state index contributed by atoms with van der Waals surface area (Å²) >= 11 is 19.2. The van der Waals surface area contributed by atoms with Gasteiger partial charge in [-0.3, -0.25) is 13.9 Å². The Hall–Kier alpha value is -3.56. The van der Waals surface area contributed by atoms with Crippen molar-refractivity contribution in [2.24, 2.45) is 5.92 Å². The Balaban J connectivity index is 1.83. The zero-order valence-electron chi connectivity index (χ0n) is 25.8. The Labute approximate surface area is 286 Å². The van der Waals surface area contributed by atoms with Gasteiger partial charge in [-0.2, -0.15) is 0 Å². The van der Waals surface area contributed by atoms with Crippen LogP contribution in [0.15, 0.2) is 102 Å². The van der Waals surface area contributed by atoms with Gasteiger partial charge in [0.15, 0.2) is 0 Å². The predicted octanol–water partition coefficient (Wildman–Crippen LogP) is 7.56. The van der Waals surface area contributed by atoms with Crippen LogP contribution < -0.4 is 9.62 Å². The van der Waals surface area contributed by atoms with Crippen molar-refractivity contribution in [3.05, 3.63) is 129 Å². The van der Waals surface area contributed by atoms with Gasteiger partial charge in [-0.25, -0.2) is 8.42 Å². The molecule has 46 heavy (non-hydrogen) atoms. The quantitative estimate of drug-likeness (QED) is 0.156. The summed E-state index contributed by atoms with van der Waals surface area (Å²) in [7, 11) is -4.30. The van der Waals surface area contributed by atoms with Crippen molar-refractivity contribution in [1.82, 2.24) is 10.2 Å². The molecule has 0 heterocycles. The Morgan fingerprint density at radius 3 is 2.04 bits per heavy atom. The fraction of sp³-hybridized carbons (Fsp3) is 0.257. The van der Waals surface area contributed by atoms with Gasteiger partial charge in [0.25, 0.3) is 10.0 Å². The highest BCUT2D eigenvalue weighted by Gasteiger charge is 2.35. The van der Waals surface area contributed by atoms with E-state index < -0.39 is 28.5 Å². The van der Waals surface area contributed by atoms with Crippen molar-refractivity contribution in [3.63, 3.8) is 0 Å². The number of rotatable bonds is 13. The molecule has 0 saturated heterocycles. The summed E-state index contributed by atoms with van der Waals surface area (Å²) in [4.78, 5) is 29.8.